The summed E-state index contributed by atoms with van der Waals surface area (Å²) in [6.07, 6.45) is 2.40. The molecule has 1 aromatic heterocycles. The van der Waals surface area contributed by atoms with Crippen LogP contribution in [0.3, 0.4) is 0 Å². The Balaban J connectivity index is 2.88. The Hall–Kier alpha value is -1.77. The van der Waals surface area contributed by atoms with E-state index in [1.54, 1.807) is 25.5 Å². The highest BCUT2D eigenvalue weighted by Gasteiger charge is 2.11. The van der Waals surface area contributed by atoms with Crippen LogP contribution in [0.2, 0.25) is 0 Å². The molecule has 0 aliphatic heterocycles. The second-order valence-electron chi connectivity index (χ2n) is 3.09. The largest absolute Gasteiger partial charge is 0.493 e. The van der Waals surface area contributed by atoms with Crippen LogP contribution in [0.5, 0.6) is 5.75 Å². The molecule has 3 nitrogen and oxygen atoms in total. The number of methoxy groups -OCH3 is 1. The molecule has 0 fully saturated rings. The predicted molar refractivity (Wildman–Crippen MR) is 52.9 cm³/mol. The van der Waals surface area contributed by atoms with E-state index in [9.17, 15) is 4.79 Å². The minimum atomic E-state index is 0.625. The number of rotatable bonds is 2. The van der Waals surface area contributed by atoms with Crippen molar-refractivity contribution < 1.29 is 13.9 Å². The van der Waals surface area contributed by atoms with Crippen LogP contribution in [0.4, 0.5) is 0 Å². The Morgan fingerprint density at radius 3 is 2.93 bits per heavy atom. The minimum absolute atomic E-state index is 0.625. The zero-order chi connectivity index (χ0) is 10.1. The lowest BCUT2D eigenvalue weighted by molar-refractivity contribution is 0.112. The number of carbonyl (C=O) groups excluding carboxylic acids is 1. The number of carbonyl (C=O) groups is 1. The molecule has 3 heteroatoms. The van der Waals surface area contributed by atoms with E-state index in [0.717, 1.165) is 17.2 Å². The highest BCUT2D eigenvalue weighted by atomic mass is 16.5. The van der Waals surface area contributed by atoms with Gasteiger partial charge in [0.05, 0.1) is 13.4 Å². The Morgan fingerprint density at radius 1 is 1.50 bits per heavy atom. The van der Waals surface area contributed by atoms with Crippen molar-refractivity contribution in [2.75, 3.05) is 7.11 Å². The summed E-state index contributed by atoms with van der Waals surface area (Å²) in [7, 11) is 1.58. The predicted octanol–water partition coefficient (Wildman–Crippen LogP) is 2.56. The molecular weight excluding hydrogens is 180 g/mol. The van der Waals surface area contributed by atoms with Crippen LogP contribution in [0.1, 0.15) is 15.9 Å². The summed E-state index contributed by atoms with van der Waals surface area (Å²) in [5, 5.41) is 0.803. The van der Waals surface area contributed by atoms with Gasteiger partial charge in [0.25, 0.3) is 0 Å². The van der Waals surface area contributed by atoms with Gasteiger partial charge in [0.15, 0.2) is 17.6 Å². The quantitative estimate of drug-likeness (QED) is 0.683. The maximum absolute atomic E-state index is 10.9. The first-order valence-corrected chi connectivity index (χ1v) is 4.28. The average Bonchev–Trinajstić information content (AvgIpc) is 2.65. The molecule has 0 N–H and O–H groups in total. The van der Waals surface area contributed by atoms with Crippen molar-refractivity contribution in [3.63, 3.8) is 0 Å². The molecule has 0 saturated carbocycles. The molecule has 0 aliphatic rings. The Kier molecular flexibility index (Phi) is 2.00. The Labute approximate surface area is 81.3 Å². The molecule has 0 radical (unpaired) electrons. The summed E-state index contributed by atoms with van der Waals surface area (Å²) in [6, 6.07) is 3.57. The van der Waals surface area contributed by atoms with E-state index >= 15 is 0 Å². The van der Waals surface area contributed by atoms with Gasteiger partial charge in [0, 0.05) is 10.9 Å². The van der Waals surface area contributed by atoms with Gasteiger partial charge in [-0.1, -0.05) is 0 Å². The molecule has 0 unspecified atom stereocenters. The summed E-state index contributed by atoms with van der Waals surface area (Å²) >= 11 is 0. The minimum Gasteiger partial charge on any atom is -0.493 e. The highest BCUT2D eigenvalue weighted by molar-refractivity contribution is 5.99. The second kappa shape index (κ2) is 3.18. The van der Waals surface area contributed by atoms with E-state index in [1.807, 2.05) is 6.92 Å². The van der Waals surface area contributed by atoms with E-state index in [1.165, 1.54) is 0 Å². The molecule has 2 rings (SSSR count). The fraction of sp³-hybridized carbons (Fsp3) is 0.182. The Bertz CT molecular complexity index is 482. The van der Waals surface area contributed by atoms with Gasteiger partial charge >= 0.3 is 0 Å². The number of aldehydes is 1. The number of fused-ring (bicyclic) bond motifs is 1. The van der Waals surface area contributed by atoms with E-state index in [-0.39, 0.29) is 0 Å². The molecule has 14 heavy (non-hydrogen) atoms. The van der Waals surface area contributed by atoms with Crippen molar-refractivity contribution in [3.05, 3.63) is 29.5 Å². The van der Waals surface area contributed by atoms with Gasteiger partial charge in [-0.25, -0.2) is 0 Å². The first-order valence-electron chi connectivity index (χ1n) is 4.28. The second-order valence-corrected chi connectivity index (χ2v) is 3.09. The molecule has 0 saturated heterocycles. The molecular formula is C11H10O3. The lowest BCUT2D eigenvalue weighted by Crippen LogP contribution is -1.91. The molecule has 0 bridgehead atoms. The normalized spacial score (nSPS) is 10.4. The third-order valence-electron chi connectivity index (χ3n) is 2.29. The van der Waals surface area contributed by atoms with Crippen molar-refractivity contribution in [2.24, 2.45) is 0 Å². The maximum atomic E-state index is 10.9. The van der Waals surface area contributed by atoms with Gasteiger partial charge in [-0.3, -0.25) is 4.79 Å². The molecule has 0 amide bonds. The third-order valence-corrected chi connectivity index (χ3v) is 2.29. The van der Waals surface area contributed by atoms with Gasteiger partial charge in [-0.2, -0.15) is 0 Å². The number of hydrogen-bond acceptors (Lipinski definition) is 3. The lowest BCUT2D eigenvalue weighted by atomic mass is 10.1. The lowest BCUT2D eigenvalue weighted by Gasteiger charge is -2.04. The first kappa shape index (κ1) is 8.81. The van der Waals surface area contributed by atoms with Crippen LogP contribution < -0.4 is 4.74 Å². The van der Waals surface area contributed by atoms with Gasteiger partial charge < -0.3 is 9.15 Å². The Morgan fingerprint density at radius 2 is 2.29 bits per heavy atom. The number of ether oxygens (including phenoxy) is 1. The van der Waals surface area contributed by atoms with Crippen molar-refractivity contribution >= 4 is 17.3 Å². The smallest absolute Gasteiger partial charge is 0.176 e. The fourth-order valence-electron chi connectivity index (χ4n) is 1.57. The molecule has 0 spiro atoms. The van der Waals surface area contributed by atoms with Crippen LogP contribution in [0.15, 0.2) is 22.8 Å². The molecule has 0 aliphatic carbocycles. The van der Waals surface area contributed by atoms with Gasteiger partial charge in [-0.15, -0.1) is 0 Å². The summed E-state index contributed by atoms with van der Waals surface area (Å²) in [6.45, 7) is 1.87. The number of furan rings is 1. The molecule has 1 heterocycles. The van der Waals surface area contributed by atoms with Gasteiger partial charge in [-0.05, 0) is 24.6 Å². The molecule has 2 aromatic rings. The van der Waals surface area contributed by atoms with Crippen LogP contribution in [0.25, 0.3) is 11.0 Å². The summed E-state index contributed by atoms with van der Waals surface area (Å²) in [5.41, 5.74) is 2.18. The van der Waals surface area contributed by atoms with Gasteiger partial charge in [0.1, 0.15) is 0 Å². The molecule has 72 valence electrons. The van der Waals surface area contributed by atoms with Crippen molar-refractivity contribution in [1.29, 1.82) is 0 Å². The van der Waals surface area contributed by atoms with Crippen LogP contribution in [-0.4, -0.2) is 13.4 Å². The van der Waals surface area contributed by atoms with Crippen molar-refractivity contribution in [2.45, 2.75) is 6.92 Å². The zero-order valence-corrected chi connectivity index (χ0v) is 8.03. The number of benzene rings is 1. The summed E-state index contributed by atoms with van der Waals surface area (Å²) in [5.74, 6) is 0.660. The molecule has 0 atom stereocenters. The monoisotopic (exact) mass is 190 g/mol. The topological polar surface area (TPSA) is 39.4 Å². The van der Waals surface area contributed by atoms with Gasteiger partial charge in [0.2, 0.25) is 0 Å². The van der Waals surface area contributed by atoms with E-state index in [4.69, 9.17) is 9.15 Å². The summed E-state index contributed by atoms with van der Waals surface area (Å²) in [4.78, 5) is 10.9. The van der Waals surface area contributed by atoms with Crippen LogP contribution in [-0.2, 0) is 0 Å². The van der Waals surface area contributed by atoms with Crippen molar-refractivity contribution in [1.82, 2.24) is 0 Å². The highest BCUT2D eigenvalue weighted by Crippen LogP contribution is 2.31. The zero-order valence-electron chi connectivity index (χ0n) is 8.03. The maximum Gasteiger partial charge on any atom is 0.176 e. The standard InChI is InChI=1S/C11H10O3/c1-7-5-10(13-2)11-8(3-4-14-11)9(7)6-12/h3-6H,1-2H3. The fourth-order valence-corrected chi connectivity index (χ4v) is 1.57. The van der Waals surface area contributed by atoms with Crippen LogP contribution >= 0.6 is 0 Å². The van der Waals surface area contributed by atoms with E-state index in [2.05, 4.69) is 0 Å². The number of aryl methyl sites for hydroxylation is 1. The SMILES string of the molecule is COc1cc(C)c(C=O)c2ccoc12. The third kappa shape index (κ3) is 1.09. The van der Waals surface area contributed by atoms with Crippen LogP contribution in [0, 0.1) is 6.92 Å². The van der Waals surface area contributed by atoms with E-state index in [0.29, 0.717) is 16.9 Å². The summed E-state index contributed by atoms with van der Waals surface area (Å²) < 4.78 is 10.4. The van der Waals surface area contributed by atoms with E-state index < -0.39 is 0 Å². The van der Waals surface area contributed by atoms with Crippen molar-refractivity contribution in [3.8, 4) is 5.75 Å². The number of hydrogen-bond donors (Lipinski definition) is 0. The molecule has 1 aromatic carbocycles. The average molecular weight is 190 g/mol. The first-order chi connectivity index (χ1) is 6.77.